The van der Waals surface area contributed by atoms with E-state index in [2.05, 4.69) is 31.3 Å². The lowest BCUT2D eigenvalue weighted by atomic mass is 9.75. The summed E-state index contributed by atoms with van der Waals surface area (Å²) in [6, 6.07) is 9.51. The third kappa shape index (κ3) is 3.19. The number of nitrogens with one attached hydrogen (secondary N) is 1. The minimum Gasteiger partial charge on any atom is -0.375 e. The molecular formula is C17H24ClNO. The summed E-state index contributed by atoms with van der Waals surface area (Å²) in [4.78, 5) is 0. The van der Waals surface area contributed by atoms with E-state index in [0.29, 0.717) is 18.0 Å². The van der Waals surface area contributed by atoms with Crippen LogP contribution in [0.3, 0.4) is 0 Å². The second-order valence-electron chi connectivity index (χ2n) is 6.85. The van der Waals surface area contributed by atoms with Gasteiger partial charge < -0.3 is 10.1 Å². The smallest absolute Gasteiger partial charge is 0.0641 e. The number of rotatable bonds is 3. The zero-order chi connectivity index (χ0) is 14.2. The van der Waals surface area contributed by atoms with Crippen LogP contribution in [0, 0.1) is 0 Å². The van der Waals surface area contributed by atoms with E-state index in [0.717, 1.165) is 24.5 Å². The quantitative estimate of drug-likeness (QED) is 0.904. The molecule has 1 aromatic carbocycles. The molecule has 3 rings (SSSR count). The van der Waals surface area contributed by atoms with E-state index >= 15 is 0 Å². The highest BCUT2D eigenvalue weighted by Gasteiger charge is 2.35. The van der Waals surface area contributed by atoms with Gasteiger partial charge in [0.2, 0.25) is 0 Å². The molecule has 1 unspecified atom stereocenters. The lowest BCUT2D eigenvalue weighted by Gasteiger charge is -2.42. The third-order valence-electron chi connectivity index (χ3n) is 4.65. The van der Waals surface area contributed by atoms with Crippen molar-refractivity contribution < 1.29 is 4.74 Å². The van der Waals surface area contributed by atoms with Gasteiger partial charge in [0.1, 0.15) is 0 Å². The van der Waals surface area contributed by atoms with Crippen molar-refractivity contribution in [2.45, 2.75) is 63.1 Å². The summed E-state index contributed by atoms with van der Waals surface area (Å²) in [5.74, 6) is 0.633. The van der Waals surface area contributed by atoms with E-state index in [1.54, 1.807) is 0 Å². The van der Waals surface area contributed by atoms with E-state index in [1.807, 2.05) is 12.1 Å². The first kappa shape index (κ1) is 14.4. The normalized spacial score (nSPS) is 32.6. The predicted octanol–water partition coefficient (Wildman–Crippen LogP) is 4.13. The molecule has 1 N–H and O–H groups in total. The number of hydrogen-bond acceptors (Lipinski definition) is 2. The van der Waals surface area contributed by atoms with E-state index in [9.17, 15) is 0 Å². The molecule has 1 saturated carbocycles. The van der Waals surface area contributed by atoms with E-state index < -0.39 is 0 Å². The summed E-state index contributed by atoms with van der Waals surface area (Å²) < 4.78 is 5.78. The maximum Gasteiger partial charge on any atom is 0.0641 e. The van der Waals surface area contributed by atoms with Crippen LogP contribution in [0.5, 0.6) is 0 Å². The van der Waals surface area contributed by atoms with E-state index in [-0.39, 0.29) is 5.60 Å². The van der Waals surface area contributed by atoms with E-state index in [4.69, 9.17) is 16.3 Å². The van der Waals surface area contributed by atoms with Crippen molar-refractivity contribution in [1.29, 1.82) is 0 Å². The number of hydrogen-bond donors (Lipinski definition) is 1. The summed E-state index contributed by atoms with van der Waals surface area (Å²) >= 11 is 6.27. The number of benzene rings is 1. The van der Waals surface area contributed by atoms with Crippen LogP contribution < -0.4 is 5.32 Å². The van der Waals surface area contributed by atoms with Gasteiger partial charge in [-0.05, 0) is 57.1 Å². The topological polar surface area (TPSA) is 21.3 Å². The molecule has 0 radical (unpaired) electrons. The van der Waals surface area contributed by atoms with Crippen LogP contribution in [0.2, 0.25) is 5.02 Å². The standard InChI is InChI=1S/C17H24ClNO/c1-17(2)11-13(7-8-20-17)19-14-9-12(10-14)15-5-3-4-6-16(15)18/h3-6,12-14,19H,7-11H2,1-2H3. The van der Waals surface area contributed by atoms with Gasteiger partial charge in [-0.2, -0.15) is 0 Å². The van der Waals surface area contributed by atoms with Crippen molar-refractivity contribution in [3.63, 3.8) is 0 Å². The summed E-state index contributed by atoms with van der Waals surface area (Å²) in [6.45, 7) is 5.26. The molecule has 20 heavy (non-hydrogen) atoms. The fourth-order valence-corrected chi connectivity index (χ4v) is 3.81. The lowest BCUT2D eigenvalue weighted by molar-refractivity contribution is -0.0655. The van der Waals surface area contributed by atoms with Crippen LogP contribution in [0.25, 0.3) is 0 Å². The highest BCUT2D eigenvalue weighted by Crippen LogP contribution is 2.40. The third-order valence-corrected chi connectivity index (χ3v) is 5.00. The lowest BCUT2D eigenvalue weighted by Crippen LogP contribution is -2.50. The average Bonchev–Trinajstić information content (AvgIpc) is 2.33. The molecule has 2 nitrogen and oxygen atoms in total. The highest BCUT2D eigenvalue weighted by atomic mass is 35.5. The summed E-state index contributed by atoms with van der Waals surface area (Å²) in [7, 11) is 0. The number of ether oxygens (including phenoxy) is 1. The Kier molecular flexibility index (Phi) is 4.07. The first-order valence-corrected chi connectivity index (χ1v) is 8.06. The monoisotopic (exact) mass is 293 g/mol. The van der Waals surface area contributed by atoms with Crippen molar-refractivity contribution in [2.24, 2.45) is 0 Å². The average molecular weight is 294 g/mol. The number of halogens is 1. The van der Waals surface area contributed by atoms with Crippen molar-refractivity contribution in [2.75, 3.05) is 6.61 Å². The Morgan fingerprint density at radius 3 is 2.65 bits per heavy atom. The Morgan fingerprint density at radius 2 is 1.95 bits per heavy atom. The molecule has 2 aliphatic rings. The summed E-state index contributed by atoms with van der Waals surface area (Å²) in [5, 5.41) is 4.73. The van der Waals surface area contributed by atoms with Gasteiger partial charge in [0.05, 0.1) is 5.60 Å². The van der Waals surface area contributed by atoms with E-state index in [1.165, 1.54) is 18.4 Å². The Morgan fingerprint density at radius 1 is 1.20 bits per heavy atom. The van der Waals surface area contributed by atoms with Gasteiger partial charge in [-0.25, -0.2) is 0 Å². The minimum absolute atomic E-state index is 0.0296. The van der Waals surface area contributed by atoms with Gasteiger partial charge in [-0.1, -0.05) is 29.8 Å². The van der Waals surface area contributed by atoms with Gasteiger partial charge in [0.15, 0.2) is 0 Å². The second kappa shape index (κ2) is 5.67. The van der Waals surface area contributed by atoms with Crippen molar-refractivity contribution in [3.05, 3.63) is 34.9 Å². The maximum absolute atomic E-state index is 6.27. The first-order chi connectivity index (χ1) is 9.53. The molecule has 3 heteroatoms. The Hall–Kier alpha value is -0.570. The van der Waals surface area contributed by atoms with Crippen LogP contribution in [-0.4, -0.2) is 24.3 Å². The van der Waals surface area contributed by atoms with Crippen LogP contribution >= 0.6 is 11.6 Å². The molecule has 1 heterocycles. The van der Waals surface area contributed by atoms with Gasteiger partial charge in [0.25, 0.3) is 0 Å². The van der Waals surface area contributed by atoms with Gasteiger partial charge >= 0.3 is 0 Å². The van der Waals surface area contributed by atoms with Crippen LogP contribution in [0.1, 0.15) is 51.0 Å². The van der Waals surface area contributed by atoms with Gasteiger partial charge in [-0.3, -0.25) is 0 Å². The Labute approximate surface area is 126 Å². The van der Waals surface area contributed by atoms with Crippen molar-refractivity contribution in [1.82, 2.24) is 5.32 Å². The molecule has 110 valence electrons. The van der Waals surface area contributed by atoms with Crippen LogP contribution in [0.15, 0.2) is 24.3 Å². The summed E-state index contributed by atoms with van der Waals surface area (Å²) in [6.07, 6.45) is 4.67. The summed E-state index contributed by atoms with van der Waals surface area (Å²) in [5.41, 5.74) is 1.35. The van der Waals surface area contributed by atoms with Gasteiger partial charge in [-0.15, -0.1) is 0 Å². The molecular weight excluding hydrogens is 270 g/mol. The Balaban J connectivity index is 1.50. The van der Waals surface area contributed by atoms with Crippen molar-refractivity contribution >= 4 is 11.6 Å². The van der Waals surface area contributed by atoms with Crippen LogP contribution in [-0.2, 0) is 4.74 Å². The molecule has 0 amide bonds. The molecule has 1 aromatic rings. The molecule has 1 saturated heterocycles. The second-order valence-corrected chi connectivity index (χ2v) is 7.26. The molecule has 1 aliphatic carbocycles. The SMILES string of the molecule is CC1(C)CC(NC2CC(c3ccccc3Cl)C2)CCO1. The maximum atomic E-state index is 6.27. The highest BCUT2D eigenvalue weighted by molar-refractivity contribution is 6.31. The molecule has 0 aromatic heterocycles. The molecule has 1 aliphatic heterocycles. The van der Waals surface area contributed by atoms with Crippen LogP contribution in [0.4, 0.5) is 0 Å². The molecule has 1 atom stereocenters. The fourth-order valence-electron chi connectivity index (χ4n) is 3.52. The molecule has 0 spiro atoms. The molecule has 0 bridgehead atoms. The fraction of sp³-hybridized carbons (Fsp3) is 0.647. The predicted molar refractivity (Wildman–Crippen MR) is 83.4 cm³/mol. The van der Waals surface area contributed by atoms with Gasteiger partial charge in [0, 0.05) is 23.7 Å². The molecule has 2 fully saturated rings. The first-order valence-electron chi connectivity index (χ1n) is 7.68. The largest absolute Gasteiger partial charge is 0.375 e. The zero-order valence-corrected chi connectivity index (χ0v) is 13.1. The van der Waals surface area contributed by atoms with Crippen molar-refractivity contribution in [3.8, 4) is 0 Å². The minimum atomic E-state index is 0.0296. The zero-order valence-electron chi connectivity index (χ0n) is 12.4. The Bertz CT molecular complexity index is 468.